The minimum absolute atomic E-state index is 0.231. The van der Waals surface area contributed by atoms with Gasteiger partial charge in [-0.1, -0.05) is 67.6 Å². The molecule has 0 bridgehead atoms. The summed E-state index contributed by atoms with van der Waals surface area (Å²) in [5, 5.41) is 14.8. The summed E-state index contributed by atoms with van der Waals surface area (Å²) in [5.41, 5.74) is 7.83. The van der Waals surface area contributed by atoms with Crippen LogP contribution in [0.2, 0.25) is 0 Å². The number of hydrogen-bond donors (Lipinski definition) is 1. The van der Waals surface area contributed by atoms with Crippen molar-refractivity contribution in [3.8, 4) is 44.9 Å². The van der Waals surface area contributed by atoms with E-state index in [1.165, 1.54) is 12.1 Å². The van der Waals surface area contributed by atoms with Crippen LogP contribution in [0.3, 0.4) is 0 Å². The maximum absolute atomic E-state index is 13.7. The fraction of sp³-hybridized carbons (Fsp3) is 0.0690. The minimum atomic E-state index is -0.271. The fourth-order valence-corrected chi connectivity index (χ4v) is 4.24. The second-order valence-corrected chi connectivity index (χ2v) is 7.87. The van der Waals surface area contributed by atoms with Crippen molar-refractivity contribution in [2.24, 2.45) is 0 Å². The van der Waals surface area contributed by atoms with Gasteiger partial charge < -0.3 is 5.11 Å². The third kappa shape index (κ3) is 3.92. The molecule has 162 valence electrons. The Balaban J connectivity index is 1.78. The number of phenolic OH excluding ortho intramolecular Hbond substituents is 1. The van der Waals surface area contributed by atoms with Crippen molar-refractivity contribution < 1.29 is 9.50 Å². The van der Waals surface area contributed by atoms with Crippen LogP contribution < -0.4 is 0 Å². The van der Waals surface area contributed by atoms with Crippen LogP contribution in [0.15, 0.2) is 103 Å². The molecule has 3 nitrogen and oxygen atoms in total. The van der Waals surface area contributed by atoms with E-state index in [0.29, 0.717) is 0 Å². The van der Waals surface area contributed by atoms with Crippen LogP contribution in [0.25, 0.3) is 39.2 Å². The highest BCUT2D eigenvalue weighted by Gasteiger charge is 2.22. The van der Waals surface area contributed by atoms with Crippen LogP contribution in [0.5, 0.6) is 5.75 Å². The average Bonchev–Trinajstić information content (AvgIpc) is 3.25. The number of halogens is 1. The Bertz CT molecular complexity index is 1390. The van der Waals surface area contributed by atoms with E-state index < -0.39 is 0 Å². The van der Waals surface area contributed by atoms with Gasteiger partial charge in [0.25, 0.3) is 0 Å². The Kier molecular flexibility index (Phi) is 5.49. The predicted octanol–water partition coefficient (Wildman–Crippen LogP) is 7.28. The molecule has 0 radical (unpaired) electrons. The summed E-state index contributed by atoms with van der Waals surface area (Å²) in [5.74, 6) is -0.0395. The number of benzene rings is 4. The molecule has 0 aliphatic rings. The van der Waals surface area contributed by atoms with Crippen LogP contribution in [0.4, 0.5) is 4.39 Å². The molecule has 33 heavy (non-hydrogen) atoms. The highest BCUT2D eigenvalue weighted by molar-refractivity contribution is 5.84. The first-order valence-electron chi connectivity index (χ1n) is 11.0. The van der Waals surface area contributed by atoms with E-state index in [1.54, 1.807) is 24.3 Å². The molecule has 1 heterocycles. The van der Waals surface area contributed by atoms with E-state index in [4.69, 9.17) is 5.10 Å². The normalized spacial score (nSPS) is 11.0. The van der Waals surface area contributed by atoms with Crippen LogP contribution in [-0.2, 0) is 6.42 Å². The first kappa shape index (κ1) is 20.7. The number of nitrogens with zero attached hydrogens (tertiary/aromatic N) is 2. The van der Waals surface area contributed by atoms with E-state index >= 15 is 0 Å². The van der Waals surface area contributed by atoms with E-state index in [9.17, 15) is 9.50 Å². The zero-order valence-electron chi connectivity index (χ0n) is 18.2. The van der Waals surface area contributed by atoms with Crippen LogP contribution >= 0.6 is 0 Å². The van der Waals surface area contributed by atoms with Gasteiger partial charge in [-0.05, 0) is 60.0 Å². The Morgan fingerprint density at radius 2 is 1.36 bits per heavy atom. The summed E-state index contributed by atoms with van der Waals surface area (Å²) in [6.07, 6.45) is 0.766. The molecule has 1 aromatic heterocycles. The van der Waals surface area contributed by atoms with Gasteiger partial charge in [0, 0.05) is 16.7 Å². The van der Waals surface area contributed by atoms with Crippen LogP contribution in [-0.4, -0.2) is 14.9 Å². The summed E-state index contributed by atoms with van der Waals surface area (Å²) in [4.78, 5) is 0. The van der Waals surface area contributed by atoms with Crippen LogP contribution in [0.1, 0.15) is 12.6 Å². The number of aromatic nitrogens is 2. The van der Waals surface area contributed by atoms with E-state index in [-0.39, 0.29) is 11.6 Å². The van der Waals surface area contributed by atoms with Crippen molar-refractivity contribution >= 4 is 0 Å². The molecule has 0 aliphatic heterocycles. The van der Waals surface area contributed by atoms with Gasteiger partial charge in [-0.25, -0.2) is 9.07 Å². The molecule has 0 amide bonds. The topological polar surface area (TPSA) is 38.0 Å². The molecule has 4 aromatic carbocycles. The third-order valence-corrected chi connectivity index (χ3v) is 5.81. The van der Waals surface area contributed by atoms with Crippen molar-refractivity contribution in [2.45, 2.75) is 13.3 Å². The molecule has 0 saturated heterocycles. The Hall–Kier alpha value is -4.18. The van der Waals surface area contributed by atoms with Gasteiger partial charge in [-0.3, -0.25) is 0 Å². The molecule has 4 heteroatoms. The molecule has 5 aromatic rings. The maximum atomic E-state index is 13.7. The van der Waals surface area contributed by atoms with Crippen molar-refractivity contribution in [1.82, 2.24) is 9.78 Å². The molecular formula is C29H23FN2O. The monoisotopic (exact) mass is 434 g/mol. The molecular weight excluding hydrogens is 411 g/mol. The Labute approximate surface area is 192 Å². The standard InChI is InChI=1S/C29H23FN2O/c1-2-26-28(21-8-4-3-5-9-21)29(22-12-16-23(30)17-13-22)31-32(26)27-11-7-6-10-25(27)20-14-18-24(33)19-15-20/h3-19,33H,2H2,1H3. The fourth-order valence-electron chi connectivity index (χ4n) is 4.24. The van der Waals surface area contributed by atoms with Crippen LogP contribution in [0, 0.1) is 5.82 Å². The lowest BCUT2D eigenvalue weighted by molar-refractivity contribution is 0.475. The third-order valence-electron chi connectivity index (χ3n) is 5.81. The highest BCUT2D eigenvalue weighted by atomic mass is 19.1. The van der Waals surface area contributed by atoms with Gasteiger partial charge in [0.2, 0.25) is 0 Å². The van der Waals surface area contributed by atoms with E-state index in [2.05, 4.69) is 31.2 Å². The van der Waals surface area contributed by atoms with E-state index in [0.717, 1.165) is 51.3 Å². The second-order valence-electron chi connectivity index (χ2n) is 7.87. The largest absolute Gasteiger partial charge is 0.508 e. The van der Waals surface area contributed by atoms with Gasteiger partial charge in [0.05, 0.1) is 11.4 Å². The van der Waals surface area contributed by atoms with Gasteiger partial charge in [-0.15, -0.1) is 0 Å². The van der Waals surface area contributed by atoms with Gasteiger partial charge in [0.15, 0.2) is 0 Å². The first-order chi connectivity index (χ1) is 16.2. The summed E-state index contributed by atoms with van der Waals surface area (Å²) in [6, 6.07) is 32.0. The van der Waals surface area contributed by atoms with Crippen molar-refractivity contribution in [3.63, 3.8) is 0 Å². The molecule has 5 rings (SSSR count). The number of phenols is 1. The lowest BCUT2D eigenvalue weighted by Gasteiger charge is -2.13. The molecule has 0 atom stereocenters. The van der Waals surface area contributed by atoms with Crippen molar-refractivity contribution in [1.29, 1.82) is 0 Å². The van der Waals surface area contributed by atoms with Gasteiger partial charge in [-0.2, -0.15) is 5.10 Å². The van der Waals surface area contributed by atoms with E-state index in [1.807, 2.05) is 47.1 Å². The Morgan fingerprint density at radius 1 is 0.727 bits per heavy atom. The number of aromatic hydroxyl groups is 1. The summed E-state index contributed by atoms with van der Waals surface area (Å²) < 4.78 is 15.7. The van der Waals surface area contributed by atoms with Gasteiger partial charge in [0.1, 0.15) is 17.3 Å². The molecule has 0 aliphatic carbocycles. The Morgan fingerprint density at radius 3 is 2.06 bits per heavy atom. The number of rotatable bonds is 5. The first-order valence-corrected chi connectivity index (χ1v) is 11.0. The summed E-state index contributed by atoms with van der Waals surface area (Å²) >= 11 is 0. The van der Waals surface area contributed by atoms with Gasteiger partial charge >= 0.3 is 0 Å². The second kappa shape index (κ2) is 8.75. The highest BCUT2D eigenvalue weighted by Crippen LogP contribution is 2.38. The number of hydrogen-bond acceptors (Lipinski definition) is 2. The van der Waals surface area contributed by atoms with Crippen molar-refractivity contribution in [2.75, 3.05) is 0 Å². The molecule has 0 fully saturated rings. The zero-order chi connectivity index (χ0) is 22.8. The molecule has 0 unspecified atom stereocenters. The molecule has 0 spiro atoms. The molecule has 1 N–H and O–H groups in total. The maximum Gasteiger partial charge on any atom is 0.123 e. The summed E-state index contributed by atoms with van der Waals surface area (Å²) in [6.45, 7) is 2.12. The number of para-hydroxylation sites is 1. The molecule has 0 saturated carbocycles. The summed E-state index contributed by atoms with van der Waals surface area (Å²) in [7, 11) is 0. The lowest BCUT2D eigenvalue weighted by Crippen LogP contribution is -2.04. The SMILES string of the molecule is CCc1c(-c2ccccc2)c(-c2ccc(F)cc2)nn1-c1ccccc1-c1ccc(O)cc1. The lowest BCUT2D eigenvalue weighted by atomic mass is 9.97. The smallest absolute Gasteiger partial charge is 0.123 e. The quantitative estimate of drug-likeness (QED) is 0.316. The zero-order valence-corrected chi connectivity index (χ0v) is 18.2. The predicted molar refractivity (Wildman–Crippen MR) is 131 cm³/mol. The van der Waals surface area contributed by atoms with Crippen molar-refractivity contribution in [3.05, 3.63) is 115 Å². The minimum Gasteiger partial charge on any atom is -0.508 e. The average molecular weight is 435 g/mol.